The highest BCUT2D eigenvalue weighted by Gasteiger charge is 2.25. The summed E-state index contributed by atoms with van der Waals surface area (Å²) in [4.78, 5) is 11.8. The predicted octanol–water partition coefficient (Wildman–Crippen LogP) is 5.40. The number of rotatable bonds is 5. The minimum Gasteiger partial charge on any atom is -0.272 e. The molecule has 1 aliphatic rings. The fourth-order valence-corrected chi connectivity index (χ4v) is 4.39. The van der Waals surface area contributed by atoms with Gasteiger partial charge >= 0.3 is 0 Å². The highest BCUT2D eigenvalue weighted by Crippen LogP contribution is 2.28. The number of carbonyl (C=O) groups excluding carboxylic acids is 1. The van der Waals surface area contributed by atoms with Gasteiger partial charge in [0.05, 0.1) is 29.0 Å². The first kappa shape index (κ1) is 20.4. The predicted molar refractivity (Wildman–Crippen MR) is 134 cm³/mol. The van der Waals surface area contributed by atoms with Crippen molar-refractivity contribution in [3.8, 4) is 28.2 Å². The van der Waals surface area contributed by atoms with Crippen molar-refractivity contribution in [1.82, 2.24) is 14.8 Å². The van der Waals surface area contributed by atoms with E-state index in [1.165, 1.54) is 16.8 Å². The van der Waals surface area contributed by atoms with Gasteiger partial charge in [0, 0.05) is 11.1 Å². The number of hydrogen-bond donors (Lipinski definition) is 0. The van der Waals surface area contributed by atoms with Crippen molar-refractivity contribution < 1.29 is 4.79 Å². The summed E-state index contributed by atoms with van der Waals surface area (Å²) in [5, 5.41) is 10.4. The third-order valence-corrected chi connectivity index (χ3v) is 6.37. The van der Waals surface area contributed by atoms with Gasteiger partial charge in [-0.05, 0) is 23.8 Å². The van der Waals surface area contributed by atoms with Crippen LogP contribution in [0.3, 0.4) is 0 Å². The Labute approximate surface area is 195 Å². The zero-order chi connectivity index (χ0) is 21.9. The van der Waals surface area contributed by atoms with Gasteiger partial charge in [-0.2, -0.15) is 15.2 Å². The van der Waals surface area contributed by atoms with Crippen molar-refractivity contribution in [1.29, 1.82) is 0 Å². The number of amides is 1. The van der Waals surface area contributed by atoms with Crippen LogP contribution in [0.5, 0.6) is 0 Å². The third-order valence-electron chi connectivity index (χ3n) is 5.04. The number of aromatic nitrogens is 2. The van der Waals surface area contributed by atoms with Crippen molar-refractivity contribution in [2.75, 3.05) is 5.75 Å². The van der Waals surface area contributed by atoms with Crippen molar-refractivity contribution >= 4 is 40.4 Å². The molecule has 0 unspecified atom stereocenters. The van der Waals surface area contributed by atoms with E-state index in [2.05, 4.69) is 35.4 Å². The van der Waals surface area contributed by atoms with E-state index < -0.39 is 0 Å². The Morgan fingerprint density at radius 2 is 1.56 bits per heavy atom. The van der Waals surface area contributed by atoms with Gasteiger partial charge in [0.15, 0.2) is 4.32 Å². The number of nitrogens with zero attached hydrogens (tertiary/aromatic N) is 4. The van der Waals surface area contributed by atoms with Gasteiger partial charge < -0.3 is 0 Å². The Morgan fingerprint density at radius 3 is 2.19 bits per heavy atom. The molecule has 0 bridgehead atoms. The molecule has 32 heavy (non-hydrogen) atoms. The van der Waals surface area contributed by atoms with E-state index in [0.29, 0.717) is 10.1 Å². The lowest BCUT2D eigenvalue weighted by molar-refractivity contribution is -0.123. The number of carbonyl (C=O) groups is 1. The molecule has 5 rings (SSSR count). The van der Waals surface area contributed by atoms with Crippen LogP contribution in [0.1, 0.15) is 5.56 Å². The van der Waals surface area contributed by atoms with Crippen LogP contribution in [0, 0.1) is 0 Å². The molecule has 1 amide bonds. The van der Waals surface area contributed by atoms with E-state index in [0.717, 1.165) is 33.8 Å². The lowest BCUT2D eigenvalue weighted by Crippen LogP contribution is -2.22. The highest BCUT2D eigenvalue weighted by molar-refractivity contribution is 8.23. The van der Waals surface area contributed by atoms with Crippen LogP contribution in [0.2, 0.25) is 0 Å². The van der Waals surface area contributed by atoms with Gasteiger partial charge in [0.25, 0.3) is 5.91 Å². The second kappa shape index (κ2) is 8.90. The summed E-state index contributed by atoms with van der Waals surface area (Å²) in [6, 6.07) is 30.4. The first-order chi connectivity index (χ1) is 15.7. The standard InChI is InChI=1S/C25H18N4OS2/c30-24-17-32-25(31)29(24)26-16-18-11-13-21(14-12-18)28-23(20-9-5-2-6-10-20)15-22(27-28)19-7-3-1-4-8-19/h1-16H,17H2. The summed E-state index contributed by atoms with van der Waals surface area (Å²) < 4.78 is 2.44. The first-order valence-corrected chi connectivity index (χ1v) is 11.4. The van der Waals surface area contributed by atoms with Gasteiger partial charge in [-0.1, -0.05) is 96.8 Å². The van der Waals surface area contributed by atoms with Gasteiger partial charge in [-0.3, -0.25) is 4.79 Å². The quantitative estimate of drug-likeness (QED) is 0.299. The molecule has 1 fully saturated rings. The molecule has 3 aromatic carbocycles. The molecule has 0 saturated carbocycles. The van der Waals surface area contributed by atoms with Crippen LogP contribution in [-0.2, 0) is 4.79 Å². The summed E-state index contributed by atoms with van der Waals surface area (Å²) in [6.45, 7) is 0. The maximum absolute atomic E-state index is 11.8. The van der Waals surface area contributed by atoms with Crippen LogP contribution in [0.15, 0.2) is 96.1 Å². The molecule has 4 aromatic rings. The molecule has 1 saturated heterocycles. The van der Waals surface area contributed by atoms with Gasteiger partial charge in [0.1, 0.15) is 0 Å². The molecule has 0 spiro atoms. The molecule has 0 aliphatic carbocycles. The summed E-state index contributed by atoms with van der Waals surface area (Å²) >= 11 is 6.49. The van der Waals surface area contributed by atoms with E-state index in [4.69, 9.17) is 17.3 Å². The molecule has 0 atom stereocenters. The van der Waals surface area contributed by atoms with Crippen molar-refractivity contribution in [3.05, 3.63) is 96.6 Å². The number of hydrogen-bond acceptors (Lipinski definition) is 5. The summed E-state index contributed by atoms with van der Waals surface area (Å²) in [7, 11) is 0. The fourth-order valence-electron chi connectivity index (χ4n) is 3.43. The zero-order valence-corrected chi connectivity index (χ0v) is 18.6. The zero-order valence-electron chi connectivity index (χ0n) is 17.0. The smallest absolute Gasteiger partial charge is 0.259 e. The monoisotopic (exact) mass is 454 g/mol. The molecular weight excluding hydrogens is 436 g/mol. The average molecular weight is 455 g/mol. The van der Waals surface area contributed by atoms with Crippen LogP contribution in [-0.4, -0.2) is 37.0 Å². The number of thiocarbonyl (C=S) groups is 1. The van der Waals surface area contributed by atoms with Crippen LogP contribution >= 0.6 is 24.0 Å². The Morgan fingerprint density at radius 1 is 0.906 bits per heavy atom. The third kappa shape index (κ3) is 4.12. The molecule has 2 heterocycles. The minimum atomic E-state index is -0.0923. The van der Waals surface area contributed by atoms with E-state index in [9.17, 15) is 4.79 Å². The second-order valence-electron chi connectivity index (χ2n) is 7.15. The van der Waals surface area contributed by atoms with Crippen LogP contribution in [0.4, 0.5) is 0 Å². The maximum atomic E-state index is 11.8. The van der Waals surface area contributed by atoms with Gasteiger partial charge in [-0.25, -0.2) is 4.68 Å². The van der Waals surface area contributed by atoms with Crippen molar-refractivity contribution in [2.45, 2.75) is 0 Å². The SMILES string of the molecule is O=C1CSC(=S)N1N=Cc1ccc(-n2nc(-c3ccccc3)cc2-c2ccccc2)cc1. The minimum absolute atomic E-state index is 0.0923. The van der Waals surface area contributed by atoms with Crippen molar-refractivity contribution in [3.63, 3.8) is 0 Å². The summed E-state index contributed by atoms with van der Waals surface area (Å²) in [6.07, 6.45) is 1.65. The van der Waals surface area contributed by atoms with E-state index in [1.807, 2.05) is 65.3 Å². The molecule has 0 N–H and O–H groups in total. The average Bonchev–Trinajstić information content (AvgIpc) is 3.43. The Bertz CT molecular complexity index is 1280. The van der Waals surface area contributed by atoms with Crippen molar-refractivity contribution in [2.24, 2.45) is 5.10 Å². The lowest BCUT2D eigenvalue weighted by atomic mass is 10.1. The van der Waals surface area contributed by atoms with E-state index in [1.54, 1.807) is 6.21 Å². The van der Waals surface area contributed by atoms with Crippen LogP contribution in [0.25, 0.3) is 28.2 Å². The lowest BCUT2D eigenvalue weighted by Gasteiger charge is -2.09. The van der Waals surface area contributed by atoms with Crippen LogP contribution < -0.4 is 0 Å². The Kier molecular flexibility index (Phi) is 5.66. The molecular formula is C25H18N4OS2. The number of benzene rings is 3. The highest BCUT2D eigenvalue weighted by atomic mass is 32.2. The topological polar surface area (TPSA) is 50.5 Å². The molecule has 1 aliphatic heterocycles. The maximum Gasteiger partial charge on any atom is 0.259 e. The van der Waals surface area contributed by atoms with E-state index in [-0.39, 0.29) is 5.91 Å². The molecule has 0 radical (unpaired) electrons. The molecule has 5 nitrogen and oxygen atoms in total. The molecule has 156 valence electrons. The summed E-state index contributed by atoms with van der Waals surface area (Å²) in [5.74, 6) is 0.255. The summed E-state index contributed by atoms with van der Waals surface area (Å²) in [5.41, 5.74) is 5.89. The molecule has 1 aromatic heterocycles. The first-order valence-electron chi connectivity index (χ1n) is 10.0. The second-order valence-corrected chi connectivity index (χ2v) is 8.76. The van der Waals surface area contributed by atoms with E-state index >= 15 is 0 Å². The number of hydrazone groups is 1. The molecule has 7 heteroatoms. The van der Waals surface area contributed by atoms with Gasteiger partial charge in [-0.15, -0.1) is 0 Å². The largest absolute Gasteiger partial charge is 0.272 e. The van der Waals surface area contributed by atoms with Gasteiger partial charge in [0.2, 0.25) is 0 Å². The normalized spacial score (nSPS) is 13.9. The Balaban J connectivity index is 1.49. The Hall–Kier alpha value is -3.55. The fraction of sp³-hybridized carbons (Fsp3) is 0.0400. The number of thioether (sulfide) groups is 1.